The van der Waals surface area contributed by atoms with Crippen molar-refractivity contribution < 1.29 is 25.8 Å². The van der Waals surface area contributed by atoms with Crippen LogP contribution in [-0.2, 0) is 29.6 Å². The second kappa shape index (κ2) is 7.16. The largest absolute Gasteiger partial charge is 0.534 e. The predicted molar refractivity (Wildman–Crippen MR) is 92.5 cm³/mol. The van der Waals surface area contributed by atoms with Crippen molar-refractivity contribution in [1.29, 1.82) is 0 Å². The van der Waals surface area contributed by atoms with Gasteiger partial charge < -0.3 is 4.18 Å². The van der Waals surface area contributed by atoms with Gasteiger partial charge in [-0.25, -0.2) is 4.68 Å². The summed E-state index contributed by atoms with van der Waals surface area (Å²) in [5, 5.41) is 4.33. The molecule has 27 heavy (non-hydrogen) atoms. The number of fused-ring (bicyclic) bond motifs is 1. The quantitative estimate of drug-likeness (QED) is 0.567. The smallest absolute Gasteiger partial charge is 0.355 e. The van der Waals surface area contributed by atoms with E-state index >= 15 is 0 Å². The first-order chi connectivity index (χ1) is 12.6. The van der Waals surface area contributed by atoms with Crippen LogP contribution in [0.4, 0.5) is 13.2 Å². The van der Waals surface area contributed by atoms with Gasteiger partial charge in [-0.3, -0.25) is 4.90 Å². The van der Waals surface area contributed by atoms with Gasteiger partial charge in [0, 0.05) is 25.2 Å². The van der Waals surface area contributed by atoms with Crippen molar-refractivity contribution in [3.8, 4) is 5.88 Å². The second-order valence-corrected chi connectivity index (χ2v) is 8.24. The summed E-state index contributed by atoms with van der Waals surface area (Å²) in [7, 11) is -5.75. The van der Waals surface area contributed by atoms with Crippen molar-refractivity contribution in [3.05, 3.63) is 47.2 Å². The Morgan fingerprint density at radius 2 is 1.89 bits per heavy atom. The van der Waals surface area contributed by atoms with Crippen molar-refractivity contribution >= 4 is 10.1 Å². The van der Waals surface area contributed by atoms with Crippen LogP contribution >= 0.6 is 0 Å². The van der Waals surface area contributed by atoms with Crippen LogP contribution in [0, 0.1) is 0 Å². The summed E-state index contributed by atoms with van der Waals surface area (Å²) in [6.45, 7) is 5.05. The molecule has 148 valence electrons. The lowest BCUT2D eigenvalue weighted by Gasteiger charge is -2.26. The van der Waals surface area contributed by atoms with E-state index in [4.69, 9.17) is 0 Å². The van der Waals surface area contributed by atoms with Crippen LogP contribution in [0.1, 0.15) is 36.7 Å². The molecule has 0 saturated carbocycles. The lowest BCUT2D eigenvalue weighted by molar-refractivity contribution is -0.0503. The number of hydrogen-bond donors (Lipinski definition) is 0. The van der Waals surface area contributed by atoms with Crippen LogP contribution in [0.15, 0.2) is 30.3 Å². The van der Waals surface area contributed by atoms with E-state index in [-0.39, 0.29) is 11.9 Å². The van der Waals surface area contributed by atoms with Crippen molar-refractivity contribution in [2.24, 2.45) is 0 Å². The molecule has 0 N–H and O–H groups in total. The lowest BCUT2D eigenvalue weighted by atomic mass is 10.1. The molecule has 6 nitrogen and oxygen atoms in total. The van der Waals surface area contributed by atoms with Crippen LogP contribution in [0.2, 0.25) is 0 Å². The minimum atomic E-state index is -5.75. The van der Waals surface area contributed by atoms with E-state index in [1.165, 1.54) is 4.68 Å². The number of aromatic nitrogens is 2. The molecular formula is C17H20F3N3O3S. The van der Waals surface area contributed by atoms with E-state index in [1.807, 2.05) is 30.3 Å². The normalized spacial score (nSPS) is 15.8. The molecule has 0 fully saturated rings. The first kappa shape index (κ1) is 19.7. The molecule has 0 bridgehead atoms. The third-order valence-corrected chi connectivity index (χ3v) is 5.25. The van der Waals surface area contributed by atoms with Gasteiger partial charge in [-0.15, -0.1) is 0 Å². The predicted octanol–water partition coefficient (Wildman–Crippen LogP) is 3.25. The van der Waals surface area contributed by atoms with E-state index in [1.54, 1.807) is 13.8 Å². The van der Waals surface area contributed by atoms with E-state index in [0.29, 0.717) is 37.3 Å². The van der Waals surface area contributed by atoms with Crippen LogP contribution < -0.4 is 4.18 Å². The lowest BCUT2D eigenvalue weighted by Crippen LogP contribution is -2.31. The Kier molecular flexibility index (Phi) is 5.22. The number of nitrogens with zero attached hydrogens (tertiary/aromatic N) is 3. The van der Waals surface area contributed by atoms with Gasteiger partial charge in [0.15, 0.2) is 0 Å². The van der Waals surface area contributed by atoms with Crippen LogP contribution in [0.3, 0.4) is 0 Å². The highest BCUT2D eigenvalue weighted by Gasteiger charge is 2.49. The van der Waals surface area contributed by atoms with Gasteiger partial charge in [-0.1, -0.05) is 30.3 Å². The average Bonchev–Trinajstić information content (AvgIpc) is 2.92. The molecule has 10 heteroatoms. The summed E-state index contributed by atoms with van der Waals surface area (Å²) >= 11 is 0. The summed E-state index contributed by atoms with van der Waals surface area (Å²) < 4.78 is 66.9. The van der Waals surface area contributed by atoms with E-state index in [2.05, 4.69) is 14.2 Å². The standard InChI is InChI=1S/C17H20F3N3O3S/c1-12(2)23-16(26-27(24,25)17(18,19)20)14-8-9-22(11-15(14)21-23)10-13-6-4-3-5-7-13/h3-7,12H,8-11H2,1-2H3. The average molecular weight is 403 g/mol. The van der Waals surface area contributed by atoms with Crippen LogP contribution in [0.5, 0.6) is 5.88 Å². The Morgan fingerprint density at radius 3 is 2.48 bits per heavy atom. The molecule has 3 rings (SSSR count). The fourth-order valence-corrected chi connectivity index (χ4v) is 3.48. The molecule has 2 aromatic rings. The summed E-state index contributed by atoms with van der Waals surface area (Å²) in [5.74, 6) is -0.336. The number of alkyl halides is 3. The van der Waals surface area contributed by atoms with Crippen LogP contribution in [-0.4, -0.2) is 35.2 Å². The molecule has 1 aromatic carbocycles. The van der Waals surface area contributed by atoms with E-state index in [0.717, 1.165) is 5.56 Å². The van der Waals surface area contributed by atoms with Gasteiger partial charge in [-0.05, 0) is 25.8 Å². The summed E-state index contributed by atoms with van der Waals surface area (Å²) in [5.41, 5.74) is -3.42. The third-order valence-electron chi connectivity index (χ3n) is 4.30. The van der Waals surface area contributed by atoms with Crippen molar-refractivity contribution in [3.63, 3.8) is 0 Å². The van der Waals surface area contributed by atoms with Gasteiger partial charge in [0.05, 0.1) is 11.7 Å². The summed E-state index contributed by atoms with van der Waals surface area (Å²) in [4.78, 5) is 2.11. The Hall–Kier alpha value is -2.07. The zero-order valence-electron chi connectivity index (χ0n) is 14.9. The maximum absolute atomic E-state index is 12.7. The third kappa shape index (κ3) is 4.11. The van der Waals surface area contributed by atoms with Crippen molar-refractivity contribution in [2.75, 3.05) is 6.54 Å². The molecule has 1 aromatic heterocycles. The Balaban J connectivity index is 1.88. The number of rotatable bonds is 5. The molecule has 0 amide bonds. The molecule has 0 saturated heterocycles. The maximum Gasteiger partial charge on any atom is 0.534 e. The zero-order chi connectivity index (χ0) is 19.8. The Labute approximate surface area is 155 Å². The molecule has 0 unspecified atom stereocenters. The van der Waals surface area contributed by atoms with E-state index in [9.17, 15) is 21.6 Å². The van der Waals surface area contributed by atoms with Gasteiger partial charge in [0.25, 0.3) is 0 Å². The monoisotopic (exact) mass is 403 g/mol. The first-order valence-corrected chi connectivity index (χ1v) is 9.86. The van der Waals surface area contributed by atoms with E-state index < -0.39 is 15.6 Å². The minimum Gasteiger partial charge on any atom is -0.355 e. The topological polar surface area (TPSA) is 64.4 Å². The SMILES string of the molecule is CC(C)n1nc2c(c1OS(=O)(=O)C(F)(F)F)CCN(Cc1ccccc1)C2. The number of hydrogen-bond acceptors (Lipinski definition) is 5. The fourth-order valence-electron chi connectivity index (χ4n) is 3.00. The highest BCUT2D eigenvalue weighted by molar-refractivity contribution is 7.87. The second-order valence-electron chi connectivity index (χ2n) is 6.70. The molecule has 1 aliphatic rings. The van der Waals surface area contributed by atoms with Crippen LogP contribution in [0.25, 0.3) is 0 Å². The molecule has 0 atom stereocenters. The van der Waals surface area contributed by atoms with Gasteiger partial charge in [-0.2, -0.15) is 26.7 Å². The minimum absolute atomic E-state index is 0.336. The number of benzene rings is 1. The summed E-state index contributed by atoms with van der Waals surface area (Å²) in [6.07, 6.45) is 0.359. The Bertz CT molecular complexity index is 909. The number of halogens is 3. The molecule has 0 radical (unpaired) electrons. The van der Waals surface area contributed by atoms with Gasteiger partial charge >= 0.3 is 15.6 Å². The first-order valence-electron chi connectivity index (χ1n) is 8.46. The molecular weight excluding hydrogens is 383 g/mol. The highest BCUT2D eigenvalue weighted by Crippen LogP contribution is 2.34. The highest BCUT2D eigenvalue weighted by atomic mass is 32.2. The zero-order valence-corrected chi connectivity index (χ0v) is 15.7. The summed E-state index contributed by atoms with van der Waals surface area (Å²) in [6, 6.07) is 9.43. The Morgan fingerprint density at radius 1 is 1.22 bits per heavy atom. The maximum atomic E-state index is 12.7. The van der Waals surface area contributed by atoms with Gasteiger partial charge in [0.1, 0.15) is 0 Å². The molecule has 1 aliphatic heterocycles. The van der Waals surface area contributed by atoms with Crippen molar-refractivity contribution in [2.45, 2.75) is 44.9 Å². The molecule has 0 aliphatic carbocycles. The molecule has 0 spiro atoms. The van der Waals surface area contributed by atoms with Gasteiger partial charge in [0.2, 0.25) is 5.88 Å². The fraction of sp³-hybridized carbons (Fsp3) is 0.471. The van der Waals surface area contributed by atoms with Crippen molar-refractivity contribution in [1.82, 2.24) is 14.7 Å². The molecule has 2 heterocycles.